The molecule has 1 aromatic carbocycles. The van der Waals surface area contributed by atoms with Crippen LogP contribution in [-0.2, 0) is 6.42 Å². The normalized spacial score (nSPS) is 10.2. The van der Waals surface area contributed by atoms with Crippen LogP contribution in [0.2, 0.25) is 0 Å². The number of aryl methyl sites for hydroxylation is 1. The molecule has 0 nitrogen and oxygen atoms in total. The first-order chi connectivity index (χ1) is 5.84. The van der Waals surface area contributed by atoms with Crippen molar-refractivity contribution >= 4 is 26.5 Å². The van der Waals surface area contributed by atoms with Crippen LogP contribution in [0.1, 0.15) is 31.7 Å². The maximum atomic E-state index is 2.25. The molecule has 0 saturated carbocycles. The van der Waals surface area contributed by atoms with Gasteiger partial charge >= 0.3 is 89.0 Å². The molecule has 2 radical (unpaired) electrons. The maximum absolute atomic E-state index is 2.25. The Bertz CT molecular complexity index is 230. The molecule has 0 aliphatic heterocycles. The zero-order valence-electron chi connectivity index (χ0n) is 7.59. The monoisotopic (exact) mass is 268 g/mol. The molecule has 64 valence electrons. The molecule has 0 N–H and O–H groups in total. The quantitative estimate of drug-likeness (QED) is 0.580. The first-order valence-electron chi connectivity index (χ1n) is 4.61. The van der Waals surface area contributed by atoms with Crippen molar-refractivity contribution in [3.05, 3.63) is 29.8 Å². The number of hydrogen-bond donors (Lipinski definition) is 0. The molecule has 1 heteroatoms. The fourth-order valence-electron chi connectivity index (χ4n) is 1.29. The van der Waals surface area contributed by atoms with Gasteiger partial charge in [0.1, 0.15) is 0 Å². The van der Waals surface area contributed by atoms with Crippen LogP contribution in [0.3, 0.4) is 0 Å². The minimum absolute atomic E-state index is 1.26. The van der Waals surface area contributed by atoms with E-state index in [1.165, 1.54) is 29.2 Å². The molecule has 0 fully saturated rings. The Labute approximate surface area is 88.9 Å². The van der Waals surface area contributed by atoms with Crippen LogP contribution in [0.4, 0.5) is 0 Å². The Hall–Kier alpha value is 0.0382. The van der Waals surface area contributed by atoms with Crippen molar-refractivity contribution in [2.45, 2.75) is 32.6 Å². The van der Waals surface area contributed by atoms with Crippen molar-refractivity contribution < 1.29 is 0 Å². The average Bonchev–Trinajstić information content (AvgIpc) is 2.09. The van der Waals surface area contributed by atoms with Crippen LogP contribution < -0.4 is 3.51 Å². The number of hydrogen-bond acceptors (Lipinski definition) is 0. The molecular weight excluding hydrogens is 254 g/mol. The van der Waals surface area contributed by atoms with Crippen molar-refractivity contribution in [3.63, 3.8) is 0 Å². The van der Waals surface area contributed by atoms with E-state index in [1.807, 2.05) is 23.0 Å². The van der Waals surface area contributed by atoms with Crippen LogP contribution in [0, 0.1) is 0 Å². The van der Waals surface area contributed by atoms with Gasteiger partial charge in [-0.15, -0.1) is 0 Å². The van der Waals surface area contributed by atoms with Gasteiger partial charge in [-0.3, -0.25) is 0 Å². The first-order valence-corrected chi connectivity index (χ1v) is 5.89. The van der Waals surface area contributed by atoms with Crippen molar-refractivity contribution in [2.24, 2.45) is 0 Å². The number of unbranched alkanes of at least 4 members (excludes halogenated alkanes) is 2. The summed E-state index contributed by atoms with van der Waals surface area (Å²) in [6, 6.07) is 8.73. The summed E-state index contributed by atoms with van der Waals surface area (Å²) in [5.41, 5.74) is 1.54. The fraction of sp³-hybridized carbons (Fsp3) is 0.455. The van der Waals surface area contributed by atoms with Gasteiger partial charge in [0, 0.05) is 0 Å². The zero-order valence-corrected chi connectivity index (χ0v) is 10.1. The molecule has 0 aliphatic rings. The summed E-state index contributed by atoms with van der Waals surface area (Å²) in [5.74, 6) is 0. The van der Waals surface area contributed by atoms with Crippen LogP contribution >= 0.6 is 0 Å². The third-order valence-electron chi connectivity index (χ3n) is 2.04. The molecule has 0 bridgehead atoms. The van der Waals surface area contributed by atoms with Crippen molar-refractivity contribution in [3.8, 4) is 0 Å². The van der Waals surface area contributed by atoms with E-state index in [0.29, 0.717) is 0 Å². The van der Waals surface area contributed by atoms with Gasteiger partial charge in [0.05, 0.1) is 0 Å². The molecule has 0 heterocycles. The van der Waals surface area contributed by atoms with Gasteiger partial charge < -0.3 is 0 Å². The molecule has 1 rings (SSSR count). The van der Waals surface area contributed by atoms with E-state index >= 15 is 0 Å². The Kier molecular flexibility index (Phi) is 4.76. The second-order valence-electron chi connectivity index (χ2n) is 3.09. The summed E-state index contributed by atoms with van der Waals surface area (Å²) in [6.07, 6.45) is 5.28. The zero-order chi connectivity index (χ0) is 8.81. The number of rotatable bonds is 4. The van der Waals surface area contributed by atoms with E-state index in [-0.39, 0.29) is 0 Å². The second-order valence-corrected chi connectivity index (χ2v) is 4.46. The minimum atomic E-state index is 1.26. The molecule has 0 saturated heterocycles. The van der Waals surface area contributed by atoms with Gasteiger partial charge in [0.25, 0.3) is 0 Å². The van der Waals surface area contributed by atoms with Crippen molar-refractivity contribution in [1.82, 2.24) is 0 Å². The molecule has 0 unspecified atom stereocenters. The summed E-state index contributed by atoms with van der Waals surface area (Å²) >= 11 is 1.84. The van der Waals surface area contributed by atoms with Crippen LogP contribution in [0.5, 0.6) is 0 Å². The van der Waals surface area contributed by atoms with Crippen molar-refractivity contribution in [1.29, 1.82) is 0 Å². The Morgan fingerprint density at radius 1 is 1.17 bits per heavy atom. The third-order valence-corrected chi connectivity index (χ3v) is 3.29. The summed E-state index contributed by atoms with van der Waals surface area (Å²) < 4.78 is 1.49. The Morgan fingerprint density at radius 3 is 2.58 bits per heavy atom. The second kappa shape index (κ2) is 5.64. The first kappa shape index (κ1) is 10.1. The molecule has 0 atom stereocenters. The van der Waals surface area contributed by atoms with E-state index in [9.17, 15) is 0 Å². The molecular formula is C11H15Sb. The number of benzene rings is 1. The predicted molar refractivity (Wildman–Crippen MR) is 55.1 cm³/mol. The molecule has 1 aromatic rings. The van der Waals surface area contributed by atoms with Gasteiger partial charge in [0.2, 0.25) is 0 Å². The van der Waals surface area contributed by atoms with Gasteiger partial charge in [-0.25, -0.2) is 0 Å². The summed E-state index contributed by atoms with van der Waals surface area (Å²) in [7, 11) is 0. The van der Waals surface area contributed by atoms with E-state index in [2.05, 4.69) is 31.2 Å². The molecule has 12 heavy (non-hydrogen) atoms. The van der Waals surface area contributed by atoms with Gasteiger partial charge in [0.15, 0.2) is 0 Å². The Balaban J connectivity index is 2.46. The van der Waals surface area contributed by atoms with Crippen LogP contribution in [0.25, 0.3) is 0 Å². The van der Waals surface area contributed by atoms with E-state index < -0.39 is 0 Å². The topological polar surface area (TPSA) is 0 Å². The van der Waals surface area contributed by atoms with Gasteiger partial charge in [-0.05, 0) is 0 Å². The Morgan fingerprint density at radius 2 is 1.92 bits per heavy atom. The predicted octanol–water partition coefficient (Wildman–Crippen LogP) is 2.21. The summed E-state index contributed by atoms with van der Waals surface area (Å²) in [6.45, 7) is 2.25. The summed E-state index contributed by atoms with van der Waals surface area (Å²) in [5, 5.41) is 0. The summed E-state index contributed by atoms with van der Waals surface area (Å²) in [4.78, 5) is 0. The van der Waals surface area contributed by atoms with Gasteiger partial charge in [-0.2, -0.15) is 0 Å². The average molecular weight is 269 g/mol. The molecule has 0 amide bonds. The SMILES string of the molecule is CCCCCc1cccc[c]1[Sb]. The molecule has 0 aliphatic carbocycles. The molecule has 0 aromatic heterocycles. The van der Waals surface area contributed by atoms with E-state index in [0.717, 1.165) is 0 Å². The third kappa shape index (κ3) is 3.19. The van der Waals surface area contributed by atoms with E-state index in [4.69, 9.17) is 0 Å². The van der Waals surface area contributed by atoms with Crippen molar-refractivity contribution in [2.75, 3.05) is 0 Å². The van der Waals surface area contributed by atoms with Crippen LogP contribution in [-0.4, -0.2) is 23.0 Å². The van der Waals surface area contributed by atoms with Gasteiger partial charge in [-0.1, -0.05) is 0 Å². The molecule has 0 spiro atoms. The standard InChI is InChI=1S/C11H15.Sb/c1-2-3-5-8-11-9-6-4-7-10-11;/h4,6-7,9H,2-3,5,8H2,1H3;. The van der Waals surface area contributed by atoms with E-state index in [1.54, 1.807) is 5.56 Å². The van der Waals surface area contributed by atoms with Crippen LogP contribution in [0.15, 0.2) is 24.3 Å². The fourth-order valence-corrected chi connectivity index (χ4v) is 2.07.